The molecule has 1 saturated heterocycles. The number of benzene rings is 1. The molecule has 3 aromatic rings. The lowest BCUT2D eigenvalue weighted by Crippen LogP contribution is -2.48. The highest BCUT2D eigenvalue weighted by atomic mass is 19.1. The molecule has 1 fully saturated rings. The molecule has 3 aliphatic rings. The van der Waals surface area contributed by atoms with Crippen molar-refractivity contribution < 1.29 is 13.5 Å². The summed E-state index contributed by atoms with van der Waals surface area (Å²) in [5.74, 6) is -0.138. The summed E-state index contributed by atoms with van der Waals surface area (Å²) in [4.78, 5) is 15.3. The SMILES string of the molecule is CC1(C)CCC2COc3c(F)cc(-c4nc(Nc5ccc6c(n5)CCNC6)ncc4F)cc3N21. The van der Waals surface area contributed by atoms with Gasteiger partial charge in [0.05, 0.1) is 17.9 Å². The van der Waals surface area contributed by atoms with Crippen LogP contribution in [0.5, 0.6) is 5.75 Å². The molecule has 6 rings (SSSR count). The minimum atomic E-state index is -0.622. The topological polar surface area (TPSA) is 75.2 Å². The van der Waals surface area contributed by atoms with E-state index >= 15 is 4.39 Å². The zero-order valence-electron chi connectivity index (χ0n) is 19.2. The Hall–Kier alpha value is -3.33. The molecule has 0 bridgehead atoms. The van der Waals surface area contributed by atoms with Gasteiger partial charge in [-0.2, -0.15) is 0 Å². The third kappa shape index (κ3) is 3.55. The van der Waals surface area contributed by atoms with Gasteiger partial charge in [0.15, 0.2) is 17.4 Å². The van der Waals surface area contributed by atoms with Crippen LogP contribution in [-0.2, 0) is 13.0 Å². The van der Waals surface area contributed by atoms with E-state index in [2.05, 4.69) is 44.3 Å². The van der Waals surface area contributed by atoms with Gasteiger partial charge in [0, 0.05) is 36.3 Å². The number of ether oxygens (including phenoxy) is 1. The van der Waals surface area contributed by atoms with E-state index in [4.69, 9.17) is 4.74 Å². The van der Waals surface area contributed by atoms with Crippen LogP contribution in [0.4, 0.5) is 26.2 Å². The molecule has 0 saturated carbocycles. The van der Waals surface area contributed by atoms with Crippen LogP contribution in [-0.4, -0.2) is 39.7 Å². The summed E-state index contributed by atoms with van der Waals surface area (Å²) in [6.07, 6.45) is 3.89. The summed E-state index contributed by atoms with van der Waals surface area (Å²) in [5, 5.41) is 6.39. The van der Waals surface area contributed by atoms with Crippen molar-refractivity contribution in [1.29, 1.82) is 0 Å². The maximum Gasteiger partial charge on any atom is 0.229 e. The molecule has 0 radical (unpaired) electrons. The van der Waals surface area contributed by atoms with Crippen molar-refractivity contribution in [2.75, 3.05) is 23.4 Å². The fraction of sp³-hybridized carbons (Fsp3) is 0.400. The third-order valence-electron chi connectivity index (χ3n) is 6.99. The molecule has 1 aromatic carbocycles. The van der Waals surface area contributed by atoms with E-state index in [1.807, 2.05) is 12.1 Å². The van der Waals surface area contributed by atoms with Gasteiger partial charge in [-0.25, -0.2) is 23.7 Å². The molecule has 3 aliphatic heterocycles. The highest BCUT2D eigenvalue weighted by molar-refractivity contribution is 5.74. The highest BCUT2D eigenvalue weighted by Crippen LogP contribution is 2.47. The highest BCUT2D eigenvalue weighted by Gasteiger charge is 2.44. The van der Waals surface area contributed by atoms with E-state index < -0.39 is 11.6 Å². The van der Waals surface area contributed by atoms with Crippen LogP contribution in [0.2, 0.25) is 0 Å². The van der Waals surface area contributed by atoms with Crippen LogP contribution in [0.1, 0.15) is 37.9 Å². The first-order chi connectivity index (χ1) is 16.4. The number of fused-ring (bicyclic) bond motifs is 4. The summed E-state index contributed by atoms with van der Waals surface area (Å²) in [6, 6.07) is 7.09. The normalized spacial score (nSPS) is 20.2. The van der Waals surface area contributed by atoms with Crippen LogP contribution in [0.25, 0.3) is 11.3 Å². The second-order valence-electron chi connectivity index (χ2n) is 9.74. The number of halogens is 2. The molecule has 176 valence electrons. The first kappa shape index (κ1) is 21.2. The zero-order valence-corrected chi connectivity index (χ0v) is 19.2. The van der Waals surface area contributed by atoms with Crippen molar-refractivity contribution in [1.82, 2.24) is 20.3 Å². The Morgan fingerprint density at radius 1 is 1.18 bits per heavy atom. The fourth-order valence-corrected chi connectivity index (χ4v) is 5.31. The van der Waals surface area contributed by atoms with E-state index in [0.717, 1.165) is 49.8 Å². The predicted octanol–water partition coefficient (Wildman–Crippen LogP) is 4.35. The Bertz CT molecular complexity index is 1280. The molecule has 2 aromatic heterocycles. The van der Waals surface area contributed by atoms with Crippen molar-refractivity contribution in [2.24, 2.45) is 0 Å². The molecule has 0 spiro atoms. The predicted molar refractivity (Wildman–Crippen MR) is 125 cm³/mol. The Morgan fingerprint density at radius 3 is 2.94 bits per heavy atom. The summed E-state index contributed by atoms with van der Waals surface area (Å²) in [7, 11) is 0. The number of hydrogen-bond donors (Lipinski definition) is 2. The minimum absolute atomic E-state index is 0.0282. The van der Waals surface area contributed by atoms with Crippen molar-refractivity contribution >= 4 is 17.5 Å². The van der Waals surface area contributed by atoms with Gasteiger partial charge < -0.3 is 20.3 Å². The lowest BCUT2D eigenvalue weighted by atomic mass is 10.0. The number of anilines is 3. The minimum Gasteiger partial charge on any atom is -0.486 e. The van der Waals surface area contributed by atoms with E-state index in [1.165, 1.54) is 6.07 Å². The summed E-state index contributed by atoms with van der Waals surface area (Å²) < 4.78 is 35.7. The molecule has 34 heavy (non-hydrogen) atoms. The first-order valence-electron chi connectivity index (χ1n) is 11.6. The molecule has 1 atom stereocenters. The quantitative estimate of drug-likeness (QED) is 0.597. The number of aromatic nitrogens is 3. The van der Waals surface area contributed by atoms with Crippen molar-refractivity contribution in [3.8, 4) is 17.0 Å². The molecule has 2 N–H and O–H groups in total. The Labute approximate surface area is 196 Å². The fourth-order valence-electron chi connectivity index (χ4n) is 5.31. The molecule has 0 amide bonds. The van der Waals surface area contributed by atoms with Crippen molar-refractivity contribution in [3.63, 3.8) is 0 Å². The molecular weight excluding hydrogens is 438 g/mol. The number of nitrogens with zero attached hydrogens (tertiary/aromatic N) is 4. The van der Waals surface area contributed by atoms with Gasteiger partial charge in [-0.05, 0) is 50.5 Å². The second-order valence-corrected chi connectivity index (χ2v) is 9.74. The zero-order chi connectivity index (χ0) is 23.4. The molecule has 1 unspecified atom stereocenters. The average molecular weight is 465 g/mol. The van der Waals surface area contributed by atoms with Gasteiger partial charge >= 0.3 is 0 Å². The van der Waals surface area contributed by atoms with E-state index in [-0.39, 0.29) is 29.0 Å². The van der Waals surface area contributed by atoms with Crippen molar-refractivity contribution in [3.05, 3.63) is 53.4 Å². The lowest BCUT2D eigenvalue weighted by Gasteiger charge is -2.42. The van der Waals surface area contributed by atoms with Gasteiger partial charge in [-0.3, -0.25) is 0 Å². The summed E-state index contributed by atoms with van der Waals surface area (Å²) >= 11 is 0. The molecule has 0 aliphatic carbocycles. The van der Waals surface area contributed by atoms with E-state index in [0.29, 0.717) is 23.7 Å². The first-order valence-corrected chi connectivity index (χ1v) is 11.6. The standard InChI is InChI=1S/C25H26F2N6O/c1-25(2)7-5-16-13-34-23-17(26)9-15(10-20(23)33(16)25)22-18(27)12-29-24(32-22)31-21-4-3-14-11-28-8-6-19(14)30-21/h3-4,9-10,12,16,28H,5-8,11,13H2,1-2H3,(H,29,30,31,32). The van der Waals surface area contributed by atoms with Gasteiger partial charge in [-0.15, -0.1) is 0 Å². The third-order valence-corrected chi connectivity index (χ3v) is 6.99. The lowest BCUT2D eigenvalue weighted by molar-refractivity contribution is 0.252. The summed E-state index contributed by atoms with van der Waals surface area (Å²) in [5.41, 5.74) is 3.05. The number of pyridine rings is 1. The van der Waals surface area contributed by atoms with Crippen LogP contribution in [0.3, 0.4) is 0 Å². The van der Waals surface area contributed by atoms with Gasteiger partial charge in [-0.1, -0.05) is 6.07 Å². The van der Waals surface area contributed by atoms with Gasteiger partial charge in [0.25, 0.3) is 0 Å². The van der Waals surface area contributed by atoms with Gasteiger partial charge in [0.1, 0.15) is 18.1 Å². The maximum absolute atomic E-state index is 15.1. The second kappa shape index (κ2) is 7.87. The smallest absolute Gasteiger partial charge is 0.229 e. The van der Waals surface area contributed by atoms with Crippen molar-refractivity contribution in [2.45, 2.75) is 51.2 Å². The molecule has 5 heterocycles. The number of hydrogen-bond acceptors (Lipinski definition) is 7. The van der Waals surface area contributed by atoms with Crippen LogP contribution >= 0.6 is 0 Å². The number of rotatable bonds is 3. The van der Waals surface area contributed by atoms with Gasteiger partial charge in [0.2, 0.25) is 5.95 Å². The Morgan fingerprint density at radius 2 is 2.06 bits per heavy atom. The summed E-state index contributed by atoms with van der Waals surface area (Å²) in [6.45, 7) is 6.40. The van der Waals surface area contributed by atoms with Crippen LogP contribution < -0.4 is 20.3 Å². The van der Waals surface area contributed by atoms with Crippen LogP contribution in [0.15, 0.2) is 30.5 Å². The average Bonchev–Trinajstić information content (AvgIpc) is 3.15. The Kier molecular flexibility index (Phi) is 4.91. The Balaban J connectivity index is 1.36. The van der Waals surface area contributed by atoms with E-state index in [1.54, 1.807) is 6.07 Å². The van der Waals surface area contributed by atoms with E-state index in [9.17, 15) is 4.39 Å². The number of nitrogens with one attached hydrogen (secondary N) is 2. The molecule has 7 nitrogen and oxygen atoms in total. The van der Waals surface area contributed by atoms with Crippen LogP contribution in [0, 0.1) is 11.6 Å². The maximum atomic E-state index is 15.1. The monoisotopic (exact) mass is 464 g/mol. The largest absolute Gasteiger partial charge is 0.486 e. The molecular formula is C25H26F2N6O. The molecule has 9 heteroatoms.